The molecule has 1 fully saturated rings. The van der Waals surface area contributed by atoms with Crippen molar-refractivity contribution in [3.8, 4) is 0 Å². The molecule has 1 aliphatic rings. The number of hydrogen-bond acceptors (Lipinski definition) is 5. The summed E-state index contributed by atoms with van der Waals surface area (Å²) in [5.74, 6) is 0.276. The maximum absolute atomic E-state index is 12.4. The van der Waals surface area contributed by atoms with Crippen LogP contribution in [0.25, 0.3) is 0 Å². The molecular formula is C14H17N3O2S2. The fraction of sp³-hybridized carbons (Fsp3) is 0.357. The minimum absolute atomic E-state index is 0.0167. The number of nitrogens with one attached hydrogen (secondary N) is 2. The molecule has 7 heteroatoms. The summed E-state index contributed by atoms with van der Waals surface area (Å²) in [5.41, 5.74) is 1.72. The highest BCUT2D eigenvalue weighted by molar-refractivity contribution is 7.91. The van der Waals surface area contributed by atoms with Crippen molar-refractivity contribution in [2.75, 3.05) is 12.4 Å². The van der Waals surface area contributed by atoms with Crippen molar-refractivity contribution >= 4 is 26.5 Å². The van der Waals surface area contributed by atoms with Crippen LogP contribution in [-0.2, 0) is 10.0 Å². The number of benzene rings is 1. The van der Waals surface area contributed by atoms with Crippen LogP contribution >= 0.6 is 11.3 Å². The number of sulfonamides is 1. The highest BCUT2D eigenvalue weighted by Crippen LogP contribution is 2.42. The summed E-state index contributed by atoms with van der Waals surface area (Å²) < 4.78 is 28.0. The first-order valence-electron chi connectivity index (χ1n) is 6.73. The first-order valence-corrected chi connectivity index (χ1v) is 9.03. The van der Waals surface area contributed by atoms with Crippen LogP contribution in [-0.4, -0.2) is 26.5 Å². The predicted molar refractivity (Wildman–Crippen MR) is 84.3 cm³/mol. The third-order valence-electron chi connectivity index (χ3n) is 3.54. The molecule has 1 saturated carbocycles. The monoisotopic (exact) mass is 323 g/mol. The van der Waals surface area contributed by atoms with Gasteiger partial charge in [0, 0.05) is 19.0 Å². The van der Waals surface area contributed by atoms with E-state index in [9.17, 15) is 8.42 Å². The molecule has 2 atom stereocenters. The lowest BCUT2D eigenvalue weighted by atomic mass is 10.1. The van der Waals surface area contributed by atoms with E-state index >= 15 is 0 Å². The Morgan fingerprint density at radius 2 is 2.00 bits per heavy atom. The molecule has 1 aromatic heterocycles. The largest absolute Gasteiger partial charge is 0.365 e. The van der Waals surface area contributed by atoms with Crippen LogP contribution in [0.3, 0.4) is 0 Å². The molecule has 2 aromatic rings. The van der Waals surface area contributed by atoms with E-state index in [2.05, 4.69) is 15.0 Å². The molecule has 1 aliphatic carbocycles. The van der Waals surface area contributed by atoms with Crippen LogP contribution in [0.15, 0.2) is 34.5 Å². The topological polar surface area (TPSA) is 71.1 Å². The van der Waals surface area contributed by atoms with Gasteiger partial charge in [0.2, 0.25) is 0 Å². The number of nitrogens with zero attached hydrogens (tertiary/aromatic N) is 1. The molecule has 5 nitrogen and oxygen atoms in total. The quantitative estimate of drug-likeness (QED) is 0.886. The number of aryl methyl sites for hydroxylation is 1. The van der Waals surface area contributed by atoms with Crippen molar-refractivity contribution in [2.24, 2.45) is 0 Å². The standard InChI is InChI=1S/C14H17N3O2S2/c1-9-13(20-14(15-2)16-9)21(18,19)17-12-8-11(12)10-6-4-3-5-7-10/h3-7,11-12,17H,8H2,1-2H3,(H,15,16). The van der Waals surface area contributed by atoms with Crippen LogP contribution < -0.4 is 10.0 Å². The van der Waals surface area contributed by atoms with Crippen molar-refractivity contribution < 1.29 is 8.42 Å². The normalized spacial score (nSPS) is 21.2. The van der Waals surface area contributed by atoms with Gasteiger partial charge in [0.1, 0.15) is 0 Å². The Labute approximate surface area is 128 Å². The van der Waals surface area contributed by atoms with Gasteiger partial charge in [-0.3, -0.25) is 0 Å². The number of anilines is 1. The fourth-order valence-corrected chi connectivity index (χ4v) is 5.06. The van der Waals surface area contributed by atoms with Gasteiger partial charge in [-0.1, -0.05) is 41.7 Å². The van der Waals surface area contributed by atoms with Gasteiger partial charge in [-0.15, -0.1) is 0 Å². The van der Waals surface area contributed by atoms with E-state index in [1.54, 1.807) is 14.0 Å². The van der Waals surface area contributed by atoms with E-state index in [1.807, 2.05) is 30.3 Å². The van der Waals surface area contributed by atoms with Crippen molar-refractivity contribution in [3.05, 3.63) is 41.6 Å². The van der Waals surface area contributed by atoms with Gasteiger partial charge in [-0.25, -0.2) is 18.1 Å². The summed E-state index contributed by atoms with van der Waals surface area (Å²) in [4.78, 5) is 4.19. The average Bonchev–Trinajstić information content (AvgIpc) is 3.10. The van der Waals surface area contributed by atoms with Gasteiger partial charge in [0.25, 0.3) is 10.0 Å². The lowest BCUT2D eigenvalue weighted by Gasteiger charge is -2.05. The molecule has 2 unspecified atom stereocenters. The highest BCUT2D eigenvalue weighted by atomic mass is 32.2. The van der Waals surface area contributed by atoms with Crippen LogP contribution in [0.1, 0.15) is 23.6 Å². The molecule has 2 N–H and O–H groups in total. The summed E-state index contributed by atoms with van der Waals surface area (Å²) >= 11 is 1.16. The number of aromatic nitrogens is 1. The van der Waals surface area contributed by atoms with Crippen molar-refractivity contribution in [2.45, 2.75) is 29.5 Å². The van der Waals surface area contributed by atoms with Crippen molar-refractivity contribution in [3.63, 3.8) is 0 Å². The minimum Gasteiger partial charge on any atom is -0.365 e. The van der Waals surface area contributed by atoms with Crippen LogP contribution in [0.2, 0.25) is 0 Å². The molecule has 0 aliphatic heterocycles. The van der Waals surface area contributed by atoms with Crippen LogP contribution in [0.4, 0.5) is 5.13 Å². The predicted octanol–water partition coefficient (Wildman–Crippen LogP) is 2.33. The Hall–Kier alpha value is -1.44. The van der Waals surface area contributed by atoms with Gasteiger partial charge in [-0.05, 0) is 18.9 Å². The van der Waals surface area contributed by atoms with E-state index in [0.29, 0.717) is 15.0 Å². The smallest absolute Gasteiger partial charge is 0.252 e. The number of hydrogen-bond donors (Lipinski definition) is 2. The highest BCUT2D eigenvalue weighted by Gasteiger charge is 2.41. The lowest BCUT2D eigenvalue weighted by molar-refractivity contribution is 0.581. The summed E-state index contributed by atoms with van der Waals surface area (Å²) in [6.45, 7) is 1.72. The second kappa shape index (κ2) is 5.40. The van der Waals surface area contributed by atoms with E-state index in [1.165, 1.54) is 5.56 Å². The molecule has 0 bridgehead atoms. The first-order chi connectivity index (χ1) is 10.0. The fourth-order valence-electron chi connectivity index (χ4n) is 2.39. The second-order valence-electron chi connectivity index (χ2n) is 5.12. The average molecular weight is 323 g/mol. The molecule has 0 amide bonds. The molecule has 1 heterocycles. The Bertz CT molecular complexity index is 741. The third-order valence-corrected chi connectivity index (χ3v) is 6.81. The Balaban J connectivity index is 1.75. The summed E-state index contributed by atoms with van der Waals surface area (Å²) in [7, 11) is -1.76. The summed E-state index contributed by atoms with van der Waals surface area (Å²) in [6, 6.07) is 9.98. The molecule has 0 spiro atoms. The Morgan fingerprint density at radius 1 is 1.29 bits per heavy atom. The molecule has 0 radical (unpaired) electrons. The third kappa shape index (κ3) is 2.95. The lowest BCUT2D eigenvalue weighted by Crippen LogP contribution is -2.26. The first kappa shape index (κ1) is 14.5. The van der Waals surface area contributed by atoms with Gasteiger partial charge >= 0.3 is 0 Å². The van der Waals surface area contributed by atoms with Crippen LogP contribution in [0.5, 0.6) is 0 Å². The Morgan fingerprint density at radius 3 is 2.62 bits per heavy atom. The van der Waals surface area contributed by atoms with Crippen LogP contribution in [0, 0.1) is 6.92 Å². The van der Waals surface area contributed by atoms with E-state index in [4.69, 9.17) is 0 Å². The Kier molecular flexibility index (Phi) is 3.73. The maximum Gasteiger partial charge on any atom is 0.252 e. The minimum atomic E-state index is -3.49. The number of thiazole rings is 1. The van der Waals surface area contributed by atoms with Crippen molar-refractivity contribution in [1.29, 1.82) is 0 Å². The van der Waals surface area contributed by atoms with E-state index in [-0.39, 0.29) is 12.0 Å². The SMILES string of the molecule is CNc1nc(C)c(S(=O)(=O)NC2CC2c2ccccc2)s1. The van der Waals surface area contributed by atoms with Gasteiger partial charge in [0.15, 0.2) is 9.34 Å². The maximum atomic E-state index is 12.4. The summed E-state index contributed by atoms with van der Waals surface area (Å²) in [6.07, 6.45) is 0.847. The van der Waals surface area contributed by atoms with E-state index < -0.39 is 10.0 Å². The molecule has 21 heavy (non-hydrogen) atoms. The van der Waals surface area contributed by atoms with Gasteiger partial charge in [-0.2, -0.15) is 0 Å². The second-order valence-corrected chi connectivity index (χ2v) is 8.03. The van der Waals surface area contributed by atoms with Gasteiger partial charge in [0.05, 0.1) is 5.69 Å². The van der Waals surface area contributed by atoms with Gasteiger partial charge < -0.3 is 5.32 Å². The molecule has 3 rings (SSSR count). The summed E-state index contributed by atoms with van der Waals surface area (Å²) in [5, 5.41) is 3.49. The zero-order valence-electron chi connectivity index (χ0n) is 11.8. The molecular weight excluding hydrogens is 306 g/mol. The number of rotatable bonds is 5. The van der Waals surface area contributed by atoms with E-state index in [0.717, 1.165) is 17.8 Å². The molecule has 112 valence electrons. The van der Waals surface area contributed by atoms with Crippen molar-refractivity contribution in [1.82, 2.24) is 9.71 Å². The zero-order valence-corrected chi connectivity index (χ0v) is 13.5. The zero-order chi connectivity index (χ0) is 15.0. The molecule has 0 saturated heterocycles. The molecule has 1 aromatic carbocycles.